The summed E-state index contributed by atoms with van der Waals surface area (Å²) in [5.74, 6) is 0.143. The molecule has 2 fully saturated rings. The predicted molar refractivity (Wildman–Crippen MR) is 73.9 cm³/mol. The topological polar surface area (TPSA) is 78.9 Å². The summed E-state index contributed by atoms with van der Waals surface area (Å²) in [5.41, 5.74) is 5.40. The number of hydrogen-bond donors (Lipinski definition) is 2. The standard InChI is InChI=1S/C14H25N3O2/c1-3-13(4-2)7-9-17(10-8-13)12(18)14(5-6-14)11(15)16-19/h19H,3-10H2,1-2H3,(H2,15,16). The van der Waals surface area contributed by atoms with Crippen LogP contribution in [0.4, 0.5) is 0 Å². The van der Waals surface area contributed by atoms with Gasteiger partial charge in [-0.3, -0.25) is 4.79 Å². The average Bonchev–Trinajstić information content (AvgIpc) is 3.27. The number of piperidine rings is 1. The number of nitrogens with two attached hydrogens (primary N) is 1. The Bertz CT molecular complexity index is 374. The molecule has 3 N–H and O–H groups in total. The molecule has 2 rings (SSSR count). The molecule has 5 nitrogen and oxygen atoms in total. The van der Waals surface area contributed by atoms with Gasteiger partial charge in [0.15, 0.2) is 5.84 Å². The van der Waals surface area contributed by atoms with Crippen LogP contribution in [-0.4, -0.2) is 34.9 Å². The maximum Gasteiger partial charge on any atom is 0.236 e. The Hall–Kier alpha value is -1.26. The van der Waals surface area contributed by atoms with Crippen molar-refractivity contribution in [2.45, 2.75) is 52.4 Å². The zero-order valence-electron chi connectivity index (χ0n) is 12.0. The molecule has 0 bridgehead atoms. The molecule has 1 saturated heterocycles. The van der Waals surface area contributed by atoms with Crippen molar-refractivity contribution in [3.63, 3.8) is 0 Å². The van der Waals surface area contributed by atoms with E-state index in [4.69, 9.17) is 10.9 Å². The van der Waals surface area contributed by atoms with Gasteiger partial charge in [0, 0.05) is 13.1 Å². The van der Waals surface area contributed by atoms with E-state index in [0.717, 1.165) is 25.9 Å². The zero-order chi connectivity index (χ0) is 14.1. The van der Waals surface area contributed by atoms with Crippen LogP contribution in [0.1, 0.15) is 52.4 Å². The van der Waals surface area contributed by atoms with Gasteiger partial charge in [0.25, 0.3) is 0 Å². The van der Waals surface area contributed by atoms with E-state index >= 15 is 0 Å². The number of hydrogen-bond acceptors (Lipinski definition) is 3. The molecule has 1 amide bonds. The fourth-order valence-corrected chi connectivity index (χ4v) is 3.24. The van der Waals surface area contributed by atoms with Gasteiger partial charge in [-0.1, -0.05) is 31.8 Å². The maximum absolute atomic E-state index is 12.5. The molecule has 2 aliphatic rings. The summed E-state index contributed by atoms with van der Waals surface area (Å²) in [7, 11) is 0. The van der Waals surface area contributed by atoms with Crippen LogP contribution in [-0.2, 0) is 4.79 Å². The number of nitrogens with zero attached hydrogens (tertiary/aromatic N) is 2. The molecule has 19 heavy (non-hydrogen) atoms. The Kier molecular flexibility index (Phi) is 3.74. The number of amides is 1. The number of likely N-dealkylation sites (tertiary alicyclic amines) is 1. The lowest BCUT2D eigenvalue weighted by Gasteiger charge is -2.42. The molecule has 108 valence electrons. The summed E-state index contributed by atoms with van der Waals surface area (Å²) in [4.78, 5) is 14.4. The minimum atomic E-state index is -0.687. The molecular formula is C14H25N3O2. The highest BCUT2D eigenvalue weighted by Crippen LogP contribution is 2.48. The van der Waals surface area contributed by atoms with Crippen molar-refractivity contribution in [2.75, 3.05) is 13.1 Å². The molecular weight excluding hydrogens is 242 g/mol. The molecule has 0 radical (unpaired) electrons. The molecule has 0 aromatic carbocycles. The highest BCUT2D eigenvalue weighted by atomic mass is 16.4. The smallest absolute Gasteiger partial charge is 0.236 e. The minimum absolute atomic E-state index is 0.0589. The van der Waals surface area contributed by atoms with Gasteiger partial charge >= 0.3 is 0 Å². The first-order chi connectivity index (χ1) is 9.03. The van der Waals surface area contributed by atoms with E-state index in [-0.39, 0.29) is 11.7 Å². The highest BCUT2D eigenvalue weighted by Gasteiger charge is 2.56. The summed E-state index contributed by atoms with van der Waals surface area (Å²) in [6.45, 7) is 6.08. The van der Waals surface area contributed by atoms with Crippen LogP contribution in [0, 0.1) is 10.8 Å². The Morgan fingerprint density at radius 1 is 1.21 bits per heavy atom. The number of oxime groups is 1. The average molecular weight is 267 g/mol. The lowest BCUT2D eigenvalue weighted by Crippen LogP contribution is -2.48. The summed E-state index contributed by atoms with van der Waals surface area (Å²) in [6, 6.07) is 0. The molecule has 1 aliphatic heterocycles. The van der Waals surface area contributed by atoms with Crippen LogP contribution in [0.25, 0.3) is 0 Å². The Labute approximate surface area is 114 Å². The van der Waals surface area contributed by atoms with Gasteiger partial charge in [0.05, 0.1) is 0 Å². The van der Waals surface area contributed by atoms with Crippen molar-refractivity contribution in [3.8, 4) is 0 Å². The van der Waals surface area contributed by atoms with E-state index in [9.17, 15) is 4.79 Å². The Balaban J connectivity index is 2.01. The third kappa shape index (κ3) is 2.30. The molecule has 0 aromatic rings. The van der Waals surface area contributed by atoms with Crippen molar-refractivity contribution >= 4 is 11.7 Å². The Morgan fingerprint density at radius 2 is 1.74 bits per heavy atom. The van der Waals surface area contributed by atoms with Gasteiger partial charge in [-0.15, -0.1) is 0 Å². The van der Waals surface area contributed by atoms with Gasteiger partial charge in [0.1, 0.15) is 5.41 Å². The predicted octanol–water partition coefficient (Wildman–Crippen LogP) is 1.94. The molecule has 0 unspecified atom stereocenters. The largest absolute Gasteiger partial charge is 0.409 e. The number of carbonyl (C=O) groups excluding carboxylic acids is 1. The molecule has 0 aromatic heterocycles. The van der Waals surface area contributed by atoms with E-state index in [2.05, 4.69) is 19.0 Å². The van der Waals surface area contributed by atoms with E-state index < -0.39 is 5.41 Å². The zero-order valence-corrected chi connectivity index (χ0v) is 12.0. The molecule has 1 heterocycles. The van der Waals surface area contributed by atoms with Crippen LogP contribution >= 0.6 is 0 Å². The quantitative estimate of drug-likeness (QED) is 0.353. The van der Waals surface area contributed by atoms with Gasteiger partial charge in [-0.05, 0) is 31.1 Å². The minimum Gasteiger partial charge on any atom is -0.409 e. The molecule has 5 heteroatoms. The van der Waals surface area contributed by atoms with Gasteiger partial charge in [-0.25, -0.2) is 0 Å². The van der Waals surface area contributed by atoms with Crippen LogP contribution in [0.3, 0.4) is 0 Å². The van der Waals surface area contributed by atoms with Crippen LogP contribution in [0.5, 0.6) is 0 Å². The summed E-state index contributed by atoms with van der Waals surface area (Å²) in [5, 5.41) is 11.9. The third-order valence-corrected chi connectivity index (χ3v) is 5.37. The first-order valence-electron chi connectivity index (χ1n) is 7.31. The van der Waals surface area contributed by atoms with E-state index in [1.807, 2.05) is 4.90 Å². The van der Waals surface area contributed by atoms with Gasteiger partial charge in [0.2, 0.25) is 5.91 Å². The second-order valence-corrected chi connectivity index (χ2v) is 6.07. The van der Waals surface area contributed by atoms with E-state index in [0.29, 0.717) is 18.3 Å². The maximum atomic E-state index is 12.5. The van der Waals surface area contributed by atoms with Crippen LogP contribution in [0.2, 0.25) is 0 Å². The van der Waals surface area contributed by atoms with Gasteiger partial charge < -0.3 is 15.8 Å². The summed E-state index contributed by atoms with van der Waals surface area (Å²) < 4.78 is 0. The monoisotopic (exact) mass is 267 g/mol. The second kappa shape index (κ2) is 5.02. The lowest BCUT2D eigenvalue weighted by molar-refractivity contribution is -0.137. The van der Waals surface area contributed by atoms with Crippen molar-refractivity contribution in [1.82, 2.24) is 4.90 Å². The second-order valence-electron chi connectivity index (χ2n) is 6.07. The highest BCUT2D eigenvalue weighted by molar-refractivity contribution is 6.09. The third-order valence-electron chi connectivity index (χ3n) is 5.37. The lowest BCUT2D eigenvalue weighted by atomic mass is 9.74. The molecule has 1 saturated carbocycles. The Morgan fingerprint density at radius 3 is 2.11 bits per heavy atom. The fraction of sp³-hybridized carbons (Fsp3) is 0.857. The normalized spacial score (nSPS) is 25.2. The van der Waals surface area contributed by atoms with Crippen LogP contribution < -0.4 is 5.73 Å². The first-order valence-corrected chi connectivity index (χ1v) is 7.31. The van der Waals surface area contributed by atoms with Gasteiger partial charge in [-0.2, -0.15) is 0 Å². The molecule has 0 spiro atoms. The molecule has 0 atom stereocenters. The van der Waals surface area contributed by atoms with Crippen molar-refractivity contribution in [3.05, 3.63) is 0 Å². The van der Waals surface area contributed by atoms with E-state index in [1.165, 1.54) is 12.8 Å². The number of carbonyl (C=O) groups is 1. The van der Waals surface area contributed by atoms with Crippen molar-refractivity contribution in [1.29, 1.82) is 0 Å². The SMILES string of the molecule is CCC1(CC)CCN(C(=O)C2(C(N)=NO)CC2)CC1. The van der Waals surface area contributed by atoms with E-state index in [1.54, 1.807) is 0 Å². The number of rotatable bonds is 4. The molecule has 1 aliphatic carbocycles. The number of amidine groups is 1. The van der Waals surface area contributed by atoms with Crippen molar-refractivity contribution in [2.24, 2.45) is 21.7 Å². The first kappa shape index (κ1) is 14.2. The summed E-state index contributed by atoms with van der Waals surface area (Å²) in [6.07, 6.45) is 5.92. The summed E-state index contributed by atoms with van der Waals surface area (Å²) >= 11 is 0. The van der Waals surface area contributed by atoms with Crippen molar-refractivity contribution < 1.29 is 10.0 Å². The fourth-order valence-electron chi connectivity index (χ4n) is 3.24. The van der Waals surface area contributed by atoms with Crippen LogP contribution in [0.15, 0.2) is 5.16 Å².